The molecule has 0 bridgehead atoms. The number of hydrogen-bond acceptors (Lipinski definition) is 4. The van der Waals surface area contributed by atoms with Crippen LogP contribution in [0.5, 0.6) is 5.75 Å². The smallest absolute Gasteiger partial charge is 0.328 e. The van der Waals surface area contributed by atoms with Crippen LogP contribution in [0.1, 0.15) is 30.5 Å². The molecule has 0 aliphatic heterocycles. The highest BCUT2D eigenvalue weighted by atomic mass is 32.2. The van der Waals surface area contributed by atoms with Gasteiger partial charge in [0, 0.05) is 12.1 Å². The van der Waals surface area contributed by atoms with Crippen molar-refractivity contribution in [3.05, 3.63) is 95.6 Å². The SMILES string of the molecule is Cc1ccc(N(C(C)C)S(=O)(=O)c2ccccc2)c(OCc2ccc(/C=C/C(=O)O)cc2)c1. The Hall–Kier alpha value is -3.58. The molecule has 1 N–H and O–H groups in total. The van der Waals surface area contributed by atoms with Crippen LogP contribution < -0.4 is 9.04 Å². The largest absolute Gasteiger partial charge is 0.487 e. The van der Waals surface area contributed by atoms with Crippen LogP contribution in [0, 0.1) is 6.92 Å². The molecule has 0 aromatic heterocycles. The van der Waals surface area contributed by atoms with Crippen LogP contribution in [-0.2, 0) is 21.4 Å². The van der Waals surface area contributed by atoms with Gasteiger partial charge in [-0.2, -0.15) is 0 Å². The summed E-state index contributed by atoms with van der Waals surface area (Å²) in [7, 11) is -3.79. The van der Waals surface area contributed by atoms with E-state index in [1.807, 2.05) is 45.0 Å². The average Bonchev–Trinajstić information content (AvgIpc) is 2.78. The maximum Gasteiger partial charge on any atom is 0.328 e. The molecular weight excluding hydrogens is 438 g/mol. The Morgan fingerprint density at radius 3 is 2.30 bits per heavy atom. The van der Waals surface area contributed by atoms with Crippen molar-refractivity contribution in [2.75, 3.05) is 4.31 Å². The van der Waals surface area contributed by atoms with Crippen molar-refractivity contribution in [3.8, 4) is 5.75 Å². The van der Waals surface area contributed by atoms with Gasteiger partial charge in [-0.25, -0.2) is 13.2 Å². The van der Waals surface area contributed by atoms with Gasteiger partial charge in [0.1, 0.15) is 12.4 Å². The van der Waals surface area contributed by atoms with Crippen LogP contribution in [-0.4, -0.2) is 25.5 Å². The molecule has 3 aromatic rings. The van der Waals surface area contributed by atoms with Gasteiger partial charge in [0.25, 0.3) is 10.0 Å². The maximum absolute atomic E-state index is 13.5. The molecule has 6 nitrogen and oxygen atoms in total. The van der Waals surface area contributed by atoms with E-state index < -0.39 is 16.0 Å². The fourth-order valence-electron chi connectivity index (χ4n) is 3.36. The number of sulfonamides is 1. The highest BCUT2D eigenvalue weighted by Gasteiger charge is 2.29. The number of benzene rings is 3. The van der Waals surface area contributed by atoms with Gasteiger partial charge in [-0.1, -0.05) is 48.5 Å². The summed E-state index contributed by atoms with van der Waals surface area (Å²) in [5.74, 6) is -0.535. The number of rotatable bonds is 9. The van der Waals surface area contributed by atoms with E-state index in [2.05, 4.69) is 0 Å². The molecule has 0 radical (unpaired) electrons. The first-order valence-corrected chi connectivity index (χ1v) is 12.0. The third-order valence-corrected chi connectivity index (χ3v) is 6.92. The number of anilines is 1. The lowest BCUT2D eigenvalue weighted by atomic mass is 10.1. The predicted octanol–water partition coefficient (Wildman–Crippen LogP) is 5.28. The predicted molar refractivity (Wildman–Crippen MR) is 130 cm³/mol. The number of aliphatic carboxylic acids is 1. The van der Waals surface area contributed by atoms with Crippen LogP contribution >= 0.6 is 0 Å². The molecule has 33 heavy (non-hydrogen) atoms. The lowest BCUT2D eigenvalue weighted by Crippen LogP contribution is -2.37. The van der Waals surface area contributed by atoms with Gasteiger partial charge >= 0.3 is 5.97 Å². The Morgan fingerprint density at radius 2 is 1.70 bits per heavy atom. The number of hydrogen-bond donors (Lipinski definition) is 1. The molecule has 0 saturated carbocycles. The maximum atomic E-state index is 13.5. The summed E-state index contributed by atoms with van der Waals surface area (Å²) >= 11 is 0. The van der Waals surface area contributed by atoms with Crippen LogP contribution in [0.15, 0.2) is 83.8 Å². The Labute approximate surface area is 194 Å². The molecule has 0 atom stereocenters. The van der Waals surface area contributed by atoms with E-state index in [1.165, 1.54) is 10.4 Å². The van der Waals surface area contributed by atoms with Gasteiger partial charge in [-0.15, -0.1) is 0 Å². The average molecular weight is 466 g/mol. The third kappa shape index (κ3) is 6.02. The van der Waals surface area contributed by atoms with E-state index in [0.29, 0.717) is 11.4 Å². The molecule has 3 rings (SSSR count). The minimum atomic E-state index is -3.79. The fourth-order valence-corrected chi connectivity index (χ4v) is 5.06. The fraction of sp³-hybridized carbons (Fsp3) is 0.192. The number of ether oxygens (including phenoxy) is 1. The molecular formula is C26H27NO5S. The van der Waals surface area contributed by atoms with Gasteiger partial charge in [0.15, 0.2) is 0 Å². The van der Waals surface area contributed by atoms with Crippen molar-refractivity contribution in [1.82, 2.24) is 0 Å². The van der Waals surface area contributed by atoms with Crippen LogP contribution in [0.25, 0.3) is 6.08 Å². The number of aryl methyl sites for hydroxylation is 1. The molecule has 0 amide bonds. The zero-order valence-corrected chi connectivity index (χ0v) is 19.6. The third-order valence-electron chi connectivity index (χ3n) is 4.91. The number of carboxylic acids is 1. The lowest BCUT2D eigenvalue weighted by Gasteiger charge is -2.30. The van der Waals surface area contributed by atoms with E-state index in [1.54, 1.807) is 48.5 Å². The standard InChI is InChI=1S/C26H27NO5S/c1-19(2)27(33(30,31)23-7-5-4-6-8-23)24-15-9-20(3)17-25(24)32-18-22-12-10-21(11-13-22)14-16-26(28)29/h4-17,19H,18H2,1-3H3,(H,28,29)/b16-14+. The first-order chi connectivity index (χ1) is 15.7. The molecule has 0 heterocycles. The van der Waals surface area contributed by atoms with E-state index in [9.17, 15) is 13.2 Å². The topological polar surface area (TPSA) is 83.9 Å². The minimum absolute atomic E-state index is 0.218. The minimum Gasteiger partial charge on any atom is -0.487 e. The summed E-state index contributed by atoms with van der Waals surface area (Å²) in [5.41, 5.74) is 3.05. The van der Waals surface area contributed by atoms with Crippen LogP contribution in [0.3, 0.4) is 0 Å². The van der Waals surface area contributed by atoms with Crippen molar-refractivity contribution in [1.29, 1.82) is 0 Å². The highest BCUT2D eigenvalue weighted by Crippen LogP contribution is 2.35. The molecule has 0 aliphatic rings. The molecule has 7 heteroatoms. The lowest BCUT2D eigenvalue weighted by molar-refractivity contribution is -0.131. The monoisotopic (exact) mass is 465 g/mol. The van der Waals surface area contributed by atoms with E-state index in [0.717, 1.165) is 22.8 Å². The van der Waals surface area contributed by atoms with Crippen molar-refractivity contribution in [2.24, 2.45) is 0 Å². The number of carbonyl (C=O) groups is 1. The van der Waals surface area contributed by atoms with Gasteiger partial charge in [-0.05, 0) is 67.8 Å². The molecule has 3 aromatic carbocycles. The van der Waals surface area contributed by atoms with Crippen LogP contribution in [0.4, 0.5) is 5.69 Å². The summed E-state index contributed by atoms with van der Waals surface area (Å²) in [6, 6.07) is 20.8. The van der Waals surface area contributed by atoms with Crippen molar-refractivity contribution in [3.63, 3.8) is 0 Å². The summed E-state index contributed by atoms with van der Waals surface area (Å²) in [6.45, 7) is 5.81. The zero-order chi connectivity index (χ0) is 24.0. The summed E-state index contributed by atoms with van der Waals surface area (Å²) in [5, 5.41) is 8.75. The van der Waals surface area contributed by atoms with Gasteiger partial charge in [0.2, 0.25) is 0 Å². The Morgan fingerprint density at radius 1 is 1.03 bits per heavy atom. The van der Waals surface area contributed by atoms with Crippen molar-refractivity contribution >= 4 is 27.8 Å². The second-order valence-corrected chi connectivity index (χ2v) is 9.70. The first kappa shape index (κ1) is 24.1. The molecule has 0 fully saturated rings. The quantitative estimate of drug-likeness (QED) is 0.435. The second kappa shape index (κ2) is 10.4. The number of carboxylic acid groups (broad SMARTS) is 1. The van der Waals surface area contributed by atoms with E-state index >= 15 is 0 Å². The molecule has 0 saturated heterocycles. The van der Waals surface area contributed by atoms with Crippen LogP contribution in [0.2, 0.25) is 0 Å². The van der Waals surface area contributed by atoms with Gasteiger partial charge < -0.3 is 9.84 Å². The van der Waals surface area contributed by atoms with E-state index in [4.69, 9.17) is 9.84 Å². The molecule has 0 aliphatic carbocycles. The zero-order valence-electron chi connectivity index (χ0n) is 18.8. The molecule has 0 unspecified atom stereocenters. The van der Waals surface area contributed by atoms with Gasteiger partial charge in [0.05, 0.1) is 10.6 Å². The van der Waals surface area contributed by atoms with Gasteiger partial charge in [-0.3, -0.25) is 4.31 Å². The number of nitrogens with zero attached hydrogens (tertiary/aromatic N) is 1. The Bertz CT molecular complexity index is 1230. The van der Waals surface area contributed by atoms with Crippen molar-refractivity contribution in [2.45, 2.75) is 38.3 Å². The Balaban J connectivity index is 1.90. The van der Waals surface area contributed by atoms with E-state index in [-0.39, 0.29) is 17.5 Å². The highest BCUT2D eigenvalue weighted by molar-refractivity contribution is 7.92. The molecule has 0 spiro atoms. The Kier molecular flexibility index (Phi) is 7.55. The van der Waals surface area contributed by atoms with Crippen molar-refractivity contribution < 1.29 is 23.1 Å². The summed E-state index contributed by atoms with van der Waals surface area (Å²) in [6.07, 6.45) is 2.60. The first-order valence-electron chi connectivity index (χ1n) is 10.5. The second-order valence-electron chi connectivity index (χ2n) is 7.88. The summed E-state index contributed by atoms with van der Waals surface area (Å²) in [4.78, 5) is 10.9. The molecule has 172 valence electrons. The normalized spacial score (nSPS) is 11.6. The summed E-state index contributed by atoms with van der Waals surface area (Å²) < 4.78 is 34.4.